The van der Waals surface area contributed by atoms with Gasteiger partial charge in [-0.1, -0.05) is 41.6 Å². The van der Waals surface area contributed by atoms with E-state index in [1.54, 1.807) is 36.4 Å². The number of nitrogens with zero attached hydrogens (tertiary/aromatic N) is 3. The lowest BCUT2D eigenvalue weighted by atomic mass is 10.1. The first-order chi connectivity index (χ1) is 16.3. The second-order valence-electron chi connectivity index (χ2n) is 7.52. The zero-order valence-corrected chi connectivity index (χ0v) is 20.3. The number of hydrogen-bond donors (Lipinski definition) is 2. The Morgan fingerprint density at radius 3 is 2.47 bits per heavy atom. The van der Waals surface area contributed by atoms with Gasteiger partial charge < -0.3 is 19.9 Å². The van der Waals surface area contributed by atoms with Gasteiger partial charge in [0.2, 0.25) is 5.91 Å². The van der Waals surface area contributed by atoms with Crippen LogP contribution in [-0.2, 0) is 16.1 Å². The fraction of sp³-hybridized carbons (Fsp3) is 0.292. The number of para-hydroxylation sites is 1. The van der Waals surface area contributed by atoms with Crippen molar-refractivity contribution in [3.63, 3.8) is 0 Å². The van der Waals surface area contributed by atoms with Crippen molar-refractivity contribution >= 4 is 35.2 Å². The van der Waals surface area contributed by atoms with E-state index in [-0.39, 0.29) is 29.2 Å². The van der Waals surface area contributed by atoms with Crippen LogP contribution in [-0.4, -0.2) is 45.4 Å². The first-order valence-electron chi connectivity index (χ1n) is 10.7. The van der Waals surface area contributed by atoms with Crippen LogP contribution in [0.25, 0.3) is 0 Å². The van der Waals surface area contributed by atoms with Crippen molar-refractivity contribution < 1.29 is 19.1 Å². The summed E-state index contributed by atoms with van der Waals surface area (Å²) in [6.07, 6.45) is 0. The summed E-state index contributed by atoms with van der Waals surface area (Å²) in [5, 5.41) is 14.7. The van der Waals surface area contributed by atoms with Gasteiger partial charge in [0, 0.05) is 12.1 Å². The van der Waals surface area contributed by atoms with Gasteiger partial charge in [-0.15, -0.1) is 10.2 Å². The summed E-state index contributed by atoms with van der Waals surface area (Å²) < 4.78 is 6.62. The summed E-state index contributed by atoms with van der Waals surface area (Å²) in [6.45, 7) is 6.32. The minimum atomic E-state index is -0.527. The van der Waals surface area contributed by atoms with Gasteiger partial charge in [0.1, 0.15) is 0 Å². The highest BCUT2D eigenvalue weighted by Crippen LogP contribution is 2.22. The Labute approximate surface area is 202 Å². The third-order valence-electron chi connectivity index (χ3n) is 5.05. The second kappa shape index (κ2) is 11.5. The summed E-state index contributed by atoms with van der Waals surface area (Å²) in [6, 6.07) is 13.6. The Morgan fingerprint density at radius 2 is 1.79 bits per heavy atom. The van der Waals surface area contributed by atoms with E-state index in [4.69, 9.17) is 4.74 Å². The van der Waals surface area contributed by atoms with Crippen LogP contribution in [0.15, 0.2) is 53.7 Å². The van der Waals surface area contributed by atoms with Crippen molar-refractivity contribution in [2.24, 2.45) is 0 Å². The molecule has 0 aliphatic rings. The molecule has 2 aromatic carbocycles. The van der Waals surface area contributed by atoms with E-state index in [1.807, 2.05) is 37.5 Å². The number of methoxy groups -OCH3 is 1. The predicted molar refractivity (Wildman–Crippen MR) is 130 cm³/mol. The number of nitrogens with one attached hydrogen (secondary N) is 2. The molecule has 9 nitrogen and oxygen atoms in total. The molecule has 3 rings (SSSR count). The Kier molecular flexibility index (Phi) is 8.42. The highest BCUT2D eigenvalue weighted by Gasteiger charge is 2.20. The molecule has 0 saturated carbocycles. The Morgan fingerprint density at radius 1 is 1.09 bits per heavy atom. The molecule has 1 atom stereocenters. The molecular weight excluding hydrogens is 454 g/mol. The minimum absolute atomic E-state index is 0.0672. The highest BCUT2D eigenvalue weighted by molar-refractivity contribution is 7.99. The molecule has 0 fully saturated rings. The predicted octanol–water partition coefficient (Wildman–Crippen LogP) is 3.61. The lowest BCUT2D eigenvalue weighted by Gasteiger charge is -2.15. The van der Waals surface area contributed by atoms with Gasteiger partial charge >= 0.3 is 5.97 Å². The molecule has 0 saturated heterocycles. The quantitative estimate of drug-likeness (QED) is 0.354. The van der Waals surface area contributed by atoms with Crippen LogP contribution in [0.3, 0.4) is 0 Å². The Hall–Kier alpha value is -3.66. The van der Waals surface area contributed by atoms with E-state index in [0.717, 1.165) is 5.56 Å². The van der Waals surface area contributed by atoms with Crippen molar-refractivity contribution in [1.82, 2.24) is 20.1 Å². The maximum atomic E-state index is 12.6. The zero-order chi connectivity index (χ0) is 24.7. The van der Waals surface area contributed by atoms with Crippen molar-refractivity contribution in [2.45, 2.75) is 38.5 Å². The van der Waals surface area contributed by atoms with E-state index < -0.39 is 5.97 Å². The number of aryl methyl sites for hydroxylation is 1. The van der Waals surface area contributed by atoms with E-state index in [9.17, 15) is 14.4 Å². The molecule has 10 heteroatoms. The molecule has 34 heavy (non-hydrogen) atoms. The molecule has 1 heterocycles. The summed E-state index contributed by atoms with van der Waals surface area (Å²) >= 11 is 1.22. The number of hydrogen-bond acceptors (Lipinski definition) is 7. The van der Waals surface area contributed by atoms with Crippen molar-refractivity contribution in [2.75, 3.05) is 18.2 Å². The number of anilines is 1. The van der Waals surface area contributed by atoms with Crippen LogP contribution in [0.5, 0.6) is 0 Å². The molecule has 0 bridgehead atoms. The lowest BCUT2D eigenvalue weighted by Crippen LogP contribution is -2.28. The van der Waals surface area contributed by atoms with Gasteiger partial charge in [-0.25, -0.2) is 4.79 Å². The lowest BCUT2D eigenvalue weighted by molar-refractivity contribution is -0.113. The third-order valence-corrected chi connectivity index (χ3v) is 6.02. The smallest absolute Gasteiger partial charge is 0.339 e. The Balaban J connectivity index is 1.64. The molecule has 0 aliphatic carbocycles. The van der Waals surface area contributed by atoms with Gasteiger partial charge in [-0.3, -0.25) is 9.59 Å². The van der Waals surface area contributed by atoms with Crippen LogP contribution in [0.1, 0.15) is 52.0 Å². The molecule has 0 radical (unpaired) electrons. The fourth-order valence-electron chi connectivity index (χ4n) is 3.27. The maximum absolute atomic E-state index is 12.6. The van der Waals surface area contributed by atoms with Crippen molar-refractivity contribution in [3.05, 3.63) is 71.0 Å². The number of amides is 2. The van der Waals surface area contributed by atoms with Crippen LogP contribution in [0, 0.1) is 6.92 Å². The highest BCUT2D eigenvalue weighted by atomic mass is 32.2. The molecule has 1 unspecified atom stereocenters. The van der Waals surface area contributed by atoms with Crippen LogP contribution < -0.4 is 10.6 Å². The number of benzene rings is 2. The van der Waals surface area contributed by atoms with E-state index in [0.29, 0.717) is 28.8 Å². The molecule has 0 spiro atoms. The largest absolute Gasteiger partial charge is 0.465 e. The van der Waals surface area contributed by atoms with Crippen LogP contribution >= 0.6 is 11.8 Å². The van der Waals surface area contributed by atoms with Gasteiger partial charge in [0.05, 0.1) is 30.2 Å². The van der Waals surface area contributed by atoms with Gasteiger partial charge in [0.15, 0.2) is 11.0 Å². The monoisotopic (exact) mass is 481 g/mol. The number of rotatable bonds is 9. The van der Waals surface area contributed by atoms with Crippen LogP contribution in [0.2, 0.25) is 0 Å². The summed E-state index contributed by atoms with van der Waals surface area (Å²) in [5.74, 6) is -0.356. The van der Waals surface area contributed by atoms with Gasteiger partial charge in [-0.2, -0.15) is 0 Å². The van der Waals surface area contributed by atoms with Crippen LogP contribution in [0.4, 0.5) is 5.69 Å². The molecular formula is C24H27N5O4S. The number of aromatic nitrogens is 3. The molecule has 2 amide bonds. The number of thioether (sulfide) groups is 1. The standard InChI is InChI=1S/C24H27N5O4S/c1-5-29-21(16(3)25-22(31)17-12-10-15(2)11-13-17)27-28-24(29)34-14-20(30)26-19-9-7-6-8-18(19)23(32)33-4/h6-13,16H,5,14H2,1-4H3,(H,25,31)(H,26,30). The first-order valence-corrected chi connectivity index (χ1v) is 11.7. The normalized spacial score (nSPS) is 11.5. The summed E-state index contributed by atoms with van der Waals surface area (Å²) in [4.78, 5) is 37.0. The average Bonchev–Trinajstić information content (AvgIpc) is 3.26. The third kappa shape index (κ3) is 6.02. The zero-order valence-electron chi connectivity index (χ0n) is 19.5. The molecule has 0 aliphatic heterocycles. The van der Waals surface area contributed by atoms with Crippen molar-refractivity contribution in [3.8, 4) is 0 Å². The number of carbonyl (C=O) groups excluding carboxylic acids is 3. The molecule has 1 aromatic heterocycles. The number of carbonyl (C=O) groups is 3. The number of esters is 1. The van der Waals surface area contributed by atoms with E-state index in [1.165, 1.54) is 18.9 Å². The van der Waals surface area contributed by atoms with Gasteiger partial charge in [-0.05, 0) is 45.0 Å². The summed E-state index contributed by atoms with van der Waals surface area (Å²) in [5.41, 5.74) is 2.30. The van der Waals surface area contributed by atoms with E-state index in [2.05, 4.69) is 20.8 Å². The van der Waals surface area contributed by atoms with Crippen molar-refractivity contribution in [1.29, 1.82) is 0 Å². The topological polar surface area (TPSA) is 115 Å². The number of ether oxygens (including phenoxy) is 1. The van der Waals surface area contributed by atoms with E-state index >= 15 is 0 Å². The first kappa shape index (κ1) is 25.0. The van der Waals surface area contributed by atoms with Gasteiger partial charge in [0.25, 0.3) is 5.91 Å². The molecule has 178 valence electrons. The SMILES string of the molecule is CCn1c(SCC(=O)Nc2ccccc2C(=O)OC)nnc1C(C)NC(=O)c1ccc(C)cc1. The summed E-state index contributed by atoms with van der Waals surface area (Å²) in [7, 11) is 1.29. The minimum Gasteiger partial charge on any atom is -0.465 e. The Bertz CT molecular complexity index is 1180. The second-order valence-corrected chi connectivity index (χ2v) is 8.46. The fourth-order valence-corrected chi connectivity index (χ4v) is 4.08. The maximum Gasteiger partial charge on any atom is 0.339 e. The average molecular weight is 482 g/mol. The molecule has 2 N–H and O–H groups in total. The molecule has 3 aromatic rings.